The minimum Gasteiger partial charge on any atom is -0.329 e. The number of anilines is 1. The summed E-state index contributed by atoms with van der Waals surface area (Å²) in [6, 6.07) is 4.43. The molecule has 0 aliphatic carbocycles. The number of urea groups is 1. The van der Waals surface area contributed by atoms with E-state index in [0.29, 0.717) is 16.6 Å². The molecule has 7 nitrogen and oxygen atoms in total. The lowest BCUT2D eigenvalue weighted by Gasteiger charge is -2.15. The van der Waals surface area contributed by atoms with Crippen LogP contribution in [0.4, 0.5) is 10.5 Å². The van der Waals surface area contributed by atoms with Gasteiger partial charge < -0.3 is 15.6 Å². The maximum atomic E-state index is 12.3. The fraction of sp³-hybridized carbons (Fsp3) is 0.333. The van der Waals surface area contributed by atoms with Crippen LogP contribution in [0.5, 0.6) is 0 Å². The van der Waals surface area contributed by atoms with Crippen molar-refractivity contribution in [2.75, 3.05) is 5.32 Å². The average molecular weight is 371 g/mol. The molecule has 0 bridgehead atoms. The van der Waals surface area contributed by atoms with Crippen molar-refractivity contribution in [3.63, 3.8) is 0 Å². The van der Waals surface area contributed by atoms with E-state index < -0.39 is 0 Å². The van der Waals surface area contributed by atoms with Crippen molar-refractivity contribution in [3.05, 3.63) is 51.0 Å². The Morgan fingerprint density at radius 2 is 2.08 bits per heavy atom. The van der Waals surface area contributed by atoms with Crippen LogP contribution in [0.2, 0.25) is 0 Å². The third kappa shape index (κ3) is 3.91. The van der Waals surface area contributed by atoms with Crippen molar-refractivity contribution < 1.29 is 4.79 Å². The highest BCUT2D eigenvalue weighted by Crippen LogP contribution is 2.26. The maximum absolute atomic E-state index is 12.3. The number of H-pyrrole nitrogens is 1. The second-order valence-corrected chi connectivity index (χ2v) is 7.99. The van der Waals surface area contributed by atoms with E-state index in [4.69, 9.17) is 0 Å². The van der Waals surface area contributed by atoms with Gasteiger partial charge >= 0.3 is 6.03 Å². The molecule has 26 heavy (non-hydrogen) atoms. The van der Waals surface area contributed by atoms with Crippen molar-refractivity contribution in [1.29, 1.82) is 0 Å². The first-order valence-electron chi connectivity index (χ1n) is 8.25. The lowest BCUT2D eigenvalue weighted by Crippen LogP contribution is -2.31. The number of aromatic amines is 1. The molecule has 0 aliphatic rings. The number of rotatable bonds is 3. The Hall–Kier alpha value is -2.74. The van der Waals surface area contributed by atoms with Crippen LogP contribution in [0.25, 0.3) is 10.9 Å². The normalized spacial score (nSPS) is 12.8. The highest BCUT2D eigenvalue weighted by molar-refractivity contribution is 7.09. The SMILES string of the molecule is CC(NC(=O)Nc1ccc2nc[nH]c(=O)c2c1)c1nc(C(C)(C)C)cs1. The van der Waals surface area contributed by atoms with Crippen molar-refractivity contribution in [2.45, 2.75) is 39.2 Å². The number of hydrogen-bond acceptors (Lipinski definition) is 5. The Morgan fingerprint density at radius 3 is 2.77 bits per heavy atom. The summed E-state index contributed by atoms with van der Waals surface area (Å²) in [5.41, 5.74) is 1.83. The van der Waals surface area contributed by atoms with Crippen molar-refractivity contribution >= 4 is 34.0 Å². The number of aromatic nitrogens is 3. The zero-order valence-electron chi connectivity index (χ0n) is 15.1. The second kappa shape index (κ2) is 6.87. The Labute approximate surface area is 154 Å². The van der Waals surface area contributed by atoms with E-state index in [1.165, 1.54) is 17.7 Å². The lowest BCUT2D eigenvalue weighted by molar-refractivity contribution is 0.249. The maximum Gasteiger partial charge on any atom is 0.319 e. The van der Waals surface area contributed by atoms with Crippen molar-refractivity contribution in [2.24, 2.45) is 0 Å². The summed E-state index contributed by atoms with van der Waals surface area (Å²) in [4.78, 5) is 35.3. The number of amides is 2. The van der Waals surface area contributed by atoms with Crippen LogP contribution in [0, 0.1) is 0 Å². The number of fused-ring (bicyclic) bond motifs is 1. The molecule has 2 amide bonds. The predicted octanol–water partition coefficient (Wildman–Crippen LogP) is 3.56. The first-order valence-corrected chi connectivity index (χ1v) is 9.13. The van der Waals surface area contributed by atoms with Crippen LogP contribution in [-0.2, 0) is 5.41 Å². The van der Waals surface area contributed by atoms with Crippen LogP contribution < -0.4 is 16.2 Å². The minimum absolute atomic E-state index is 0.0249. The molecule has 1 unspecified atom stereocenters. The van der Waals surface area contributed by atoms with Crippen LogP contribution in [0.15, 0.2) is 34.7 Å². The number of carbonyl (C=O) groups is 1. The van der Waals surface area contributed by atoms with Gasteiger partial charge in [-0.05, 0) is 25.1 Å². The number of benzene rings is 1. The molecule has 3 rings (SSSR count). The van der Waals surface area contributed by atoms with E-state index in [0.717, 1.165) is 10.7 Å². The molecule has 136 valence electrons. The smallest absolute Gasteiger partial charge is 0.319 e. The van der Waals surface area contributed by atoms with Gasteiger partial charge in [0.2, 0.25) is 0 Å². The molecule has 8 heteroatoms. The third-order valence-electron chi connectivity index (χ3n) is 3.91. The van der Waals surface area contributed by atoms with E-state index in [9.17, 15) is 9.59 Å². The predicted molar refractivity (Wildman–Crippen MR) is 104 cm³/mol. The topological polar surface area (TPSA) is 99.8 Å². The van der Waals surface area contributed by atoms with Gasteiger partial charge in [0.25, 0.3) is 5.56 Å². The molecule has 0 saturated carbocycles. The van der Waals surface area contributed by atoms with Crippen LogP contribution in [0.3, 0.4) is 0 Å². The summed E-state index contributed by atoms with van der Waals surface area (Å²) in [5, 5.41) is 8.91. The van der Waals surface area contributed by atoms with Gasteiger partial charge in [-0.15, -0.1) is 11.3 Å². The molecule has 0 aliphatic heterocycles. The van der Waals surface area contributed by atoms with Gasteiger partial charge in [-0.3, -0.25) is 4.79 Å². The van der Waals surface area contributed by atoms with Gasteiger partial charge in [0.1, 0.15) is 5.01 Å². The van der Waals surface area contributed by atoms with E-state index in [-0.39, 0.29) is 23.0 Å². The molecule has 0 radical (unpaired) electrons. The zero-order chi connectivity index (χ0) is 18.9. The number of carbonyl (C=O) groups excluding carboxylic acids is 1. The van der Waals surface area contributed by atoms with E-state index in [2.05, 4.69) is 46.4 Å². The Bertz CT molecular complexity index is 1000. The highest BCUT2D eigenvalue weighted by atomic mass is 32.1. The molecule has 0 spiro atoms. The van der Waals surface area contributed by atoms with Crippen molar-refractivity contribution in [3.8, 4) is 0 Å². The lowest BCUT2D eigenvalue weighted by atomic mass is 9.93. The van der Waals surface area contributed by atoms with E-state index >= 15 is 0 Å². The minimum atomic E-state index is -0.357. The Kier molecular flexibility index (Phi) is 4.78. The summed E-state index contributed by atoms with van der Waals surface area (Å²) in [6.45, 7) is 8.20. The molecule has 1 atom stereocenters. The van der Waals surface area contributed by atoms with Gasteiger partial charge in [-0.25, -0.2) is 14.8 Å². The fourth-order valence-electron chi connectivity index (χ4n) is 2.40. The average Bonchev–Trinajstić information content (AvgIpc) is 3.06. The Morgan fingerprint density at radius 1 is 1.31 bits per heavy atom. The van der Waals surface area contributed by atoms with Crippen LogP contribution in [-0.4, -0.2) is 21.0 Å². The van der Waals surface area contributed by atoms with Crippen molar-refractivity contribution in [1.82, 2.24) is 20.3 Å². The number of hydrogen-bond donors (Lipinski definition) is 3. The monoisotopic (exact) mass is 371 g/mol. The summed E-state index contributed by atoms with van der Waals surface area (Å²) >= 11 is 1.53. The van der Waals surface area contributed by atoms with Gasteiger partial charge in [-0.2, -0.15) is 0 Å². The number of nitrogens with zero attached hydrogens (tertiary/aromatic N) is 2. The molecule has 0 saturated heterocycles. The molecular formula is C18H21N5O2S. The largest absolute Gasteiger partial charge is 0.329 e. The molecule has 2 heterocycles. The number of thiazole rings is 1. The standard InChI is InChI=1S/C18H21N5O2S/c1-10(16-23-14(8-26-16)18(2,3)4)21-17(25)22-11-5-6-13-12(7-11)15(24)20-9-19-13/h5-10H,1-4H3,(H,19,20,24)(H2,21,22,25). The fourth-order valence-corrected chi connectivity index (χ4v) is 3.46. The molecule has 2 aromatic heterocycles. The van der Waals surface area contributed by atoms with E-state index in [1.807, 2.05) is 12.3 Å². The zero-order valence-corrected chi connectivity index (χ0v) is 15.9. The molecule has 3 aromatic rings. The van der Waals surface area contributed by atoms with Gasteiger partial charge in [0, 0.05) is 16.5 Å². The van der Waals surface area contributed by atoms with Gasteiger partial charge in [0.15, 0.2) is 0 Å². The summed E-state index contributed by atoms with van der Waals surface area (Å²) in [5.74, 6) is 0. The quantitative estimate of drug-likeness (QED) is 0.655. The van der Waals surface area contributed by atoms with Gasteiger partial charge in [-0.1, -0.05) is 20.8 Å². The number of nitrogens with one attached hydrogen (secondary N) is 3. The second-order valence-electron chi connectivity index (χ2n) is 7.10. The third-order valence-corrected chi connectivity index (χ3v) is 4.93. The van der Waals surface area contributed by atoms with E-state index in [1.54, 1.807) is 18.2 Å². The summed E-state index contributed by atoms with van der Waals surface area (Å²) < 4.78 is 0. The van der Waals surface area contributed by atoms with Gasteiger partial charge in [0.05, 0.1) is 29.0 Å². The first kappa shape index (κ1) is 18.1. The van der Waals surface area contributed by atoms with Crippen LogP contribution in [0.1, 0.15) is 44.4 Å². The van der Waals surface area contributed by atoms with Crippen LogP contribution >= 0.6 is 11.3 Å². The first-order chi connectivity index (χ1) is 12.2. The molecule has 0 fully saturated rings. The summed E-state index contributed by atoms with van der Waals surface area (Å²) in [6.07, 6.45) is 1.35. The molecule has 3 N–H and O–H groups in total. The highest BCUT2D eigenvalue weighted by Gasteiger charge is 2.20. The molecular weight excluding hydrogens is 350 g/mol. The Balaban J connectivity index is 1.69. The molecule has 1 aromatic carbocycles. The summed E-state index contributed by atoms with van der Waals surface area (Å²) in [7, 11) is 0.